The predicted octanol–water partition coefficient (Wildman–Crippen LogP) is 3.59. The molecule has 1 amide bonds. The van der Waals surface area contributed by atoms with Gasteiger partial charge in [-0.1, -0.05) is 18.2 Å². The zero-order valence-electron chi connectivity index (χ0n) is 15.5. The summed E-state index contributed by atoms with van der Waals surface area (Å²) in [5.41, 5.74) is 7.97. The Morgan fingerprint density at radius 2 is 1.86 bits per heavy atom. The maximum Gasteiger partial charge on any atom is 0.407 e. The largest absolute Gasteiger partial charge is 0.465 e. The zero-order chi connectivity index (χ0) is 20.4. The molecule has 8 nitrogen and oxygen atoms in total. The molecular formula is C21H19N5O3. The third-order valence-electron chi connectivity index (χ3n) is 4.96. The number of nitrogens with two attached hydrogens (primary N) is 1. The minimum absolute atomic E-state index is 0.125. The van der Waals surface area contributed by atoms with Crippen LogP contribution in [0.4, 0.5) is 10.5 Å². The van der Waals surface area contributed by atoms with E-state index in [0.29, 0.717) is 42.3 Å². The van der Waals surface area contributed by atoms with Crippen molar-refractivity contribution in [3.8, 4) is 23.3 Å². The van der Waals surface area contributed by atoms with Gasteiger partial charge in [-0.15, -0.1) is 0 Å². The molecule has 1 aliphatic heterocycles. The highest BCUT2D eigenvalue weighted by Crippen LogP contribution is 2.33. The van der Waals surface area contributed by atoms with Crippen LogP contribution >= 0.6 is 0 Å². The van der Waals surface area contributed by atoms with Gasteiger partial charge < -0.3 is 20.5 Å². The second kappa shape index (κ2) is 7.56. The van der Waals surface area contributed by atoms with Crippen molar-refractivity contribution in [2.45, 2.75) is 12.3 Å². The van der Waals surface area contributed by atoms with Crippen molar-refractivity contribution in [1.29, 1.82) is 5.26 Å². The van der Waals surface area contributed by atoms with E-state index in [2.05, 4.69) is 11.2 Å². The lowest BCUT2D eigenvalue weighted by molar-refractivity contribution is 0.155. The topological polar surface area (TPSA) is 117 Å². The van der Waals surface area contributed by atoms with E-state index in [1.54, 1.807) is 24.3 Å². The fraction of sp³-hybridized carbons (Fsp3) is 0.190. The first-order chi connectivity index (χ1) is 14.1. The molecule has 3 N–H and O–H groups in total. The lowest BCUT2D eigenvalue weighted by Gasteiger charge is -2.11. The molecule has 3 aromatic rings. The Bertz CT molecular complexity index is 1070. The summed E-state index contributed by atoms with van der Waals surface area (Å²) in [5, 5.41) is 23.3. The molecule has 8 heteroatoms. The maximum absolute atomic E-state index is 11.2. The van der Waals surface area contributed by atoms with Crippen molar-refractivity contribution in [3.05, 3.63) is 66.0 Å². The summed E-state index contributed by atoms with van der Waals surface area (Å²) in [6, 6.07) is 18.7. The number of para-hydroxylation sites is 1. The van der Waals surface area contributed by atoms with Crippen molar-refractivity contribution < 1.29 is 14.6 Å². The molecule has 0 spiro atoms. The van der Waals surface area contributed by atoms with Crippen LogP contribution < -0.4 is 10.5 Å². The highest BCUT2D eigenvalue weighted by atomic mass is 16.5. The van der Waals surface area contributed by atoms with Crippen molar-refractivity contribution in [1.82, 2.24) is 14.7 Å². The molecule has 1 aliphatic rings. The maximum atomic E-state index is 11.2. The smallest absolute Gasteiger partial charge is 0.407 e. The Hall–Kier alpha value is -3.99. The van der Waals surface area contributed by atoms with E-state index in [1.807, 2.05) is 30.3 Å². The van der Waals surface area contributed by atoms with Gasteiger partial charge in [-0.3, -0.25) is 0 Å². The summed E-state index contributed by atoms with van der Waals surface area (Å²) in [4.78, 5) is 12.5. The first-order valence-corrected chi connectivity index (χ1v) is 9.16. The minimum Gasteiger partial charge on any atom is -0.465 e. The summed E-state index contributed by atoms with van der Waals surface area (Å²) in [5.74, 6) is 1.26. The number of nitriles is 1. The Kier molecular flexibility index (Phi) is 4.79. The van der Waals surface area contributed by atoms with Gasteiger partial charge in [-0.25, -0.2) is 9.48 Å². The Balaban J connectivity index is 1.60. The molecule has 1 aromatic heterocycles. The van der Waals surface area contributed by atoms with Gasteiger partial charge in [0.25, 0.3) is 0 Å². The molecule has 1 fully saturated rings. The van der Waals surface area contributed by atoms with Gasteiger partial charge in [0, 0.05) is 19.0 Å². The molecule has 0 unspecified atom stereocenters. The van der Waals surface area contributed by atoms with E-state index >= 15 is 0 Å². The van der Waals surface area contributed by atoms with Gasteiger partial charge in [-0.2, -0.15) is 10.4 Å². The van der Waals surface area contributed by atoms with Gasteiger partial charge in [0.15, 0.2) is 5.69 Å². The number of aromatic nitrogens is 2. The number of anilines is 1. The number of nitrogen functional groups attached to an aromatic ring is 1. The van der Waals surface area contributed by atoms with Crippen LogP contribution in [0.25, 0.3) is 5.69 Å². The van der Waals surface area contributed by atoms with Crippen molar-refractivity contribution >= 4 is 11.8 Å². The normalized spacial score (nSPS) is 15.8. The average Bonchev–Trinajstić information content (AvgIpc) is 3.34. The molecule has 2 aromatic carbocycles. The summed E-state index contributed by atoms with van der Waals surface area (Å²) < 4.78 is 7.29. The lowest BCUT2D eigenvalue weighted by Crippen LogP contribution is -2.26. The van der Waals surface area contributed by atoms with E-state index in [0.717, 1.165) is 5.75 Å². The molecule has 1 atom stereocenters. The number of benzene rings is 2. The Labute approximate surface area is 167 Å². The number of carboxylic acid groups (broad SMARTS) is 1. The number of rotatable bonds is 4. The third-order valence-corrected chi connectivity index (χ3v) is 4.96. The molecule has 4 rings (SSSR count). The average molecular weight is 389 g/mol. The van der Waals surface area contributed by atoms with Crippen LogP contribution in [0.2, 0.25) is 0 Å². The van der Waals surface area contributed by atoms with Crippen LogP contribution in [-0.2, 0) is 0 Å². The number of amides is 1. The van der Waals surface area contributed by atoms with Gasteiger partial charge in [0.05, 0.1) is 17.1 Å². The van der Waals surface area contributed by atoms with Gasteiger partial charge in [0.1, 0.15) is 17.6 Å². The number of hydrogen-bond donors (Lipinski definition) is 2. The molecule has 0 saturated carbocycles. The fourth-order valence-corrected chi connectivity index (χ4v) is 3.48. The summed E-state index contributed by atoms with van der Waals surface area (Å²) >= 11 is 0. The standard InChI is InChI=1S/C21H19N5O3/c22-12-18-19(23)20(14-10-11-25(13-14)21(27)28)24-26(18)15-6-8-17(9-7-15)29-16-4-2-1-3-5-16/h1-9,14H,10-11,13,23H2,(H,27,28)/t14-/m1/s1. The van der Waals surface area contributed by atoms with Crippen LogP contribution in [-0.4, -0.2) is 39.0 Å². The quantitative estimate of drug-likeness (QED) is 0.704. The molecule has 2 heterocycles. The summed E-state index contributed by atoms with van der Waals surface area (Å²) in [6.45, 7) is 0.755. The van der Waals surface area contributed by atoms with Gasteiger partial charge in [0.2, 0.25) is 0 Å². The minimum atomic E-state index is -0.958. The number of ether oxygens (including phenoxy) is 1. The fourth-order valence-electron chi connectivity index (χ4n) is 3.48. The monoisotopic (exact) mass is 389 g/mol. The van der Waals surface area contributed by atoms with Crippen molar-refractivity contribution in [2.75, 3.05) is 18.8 Å². The molecular weight excluding hydrogens is 370 g/mol. The van der Waals surface area contributed by atoms with Gasteiger partial charge >= 0.3 is 6.09 Å². The molecule has 146 valence electrons. The molecule has 0 radical (unpaired) electrons. The second-order valence-electron chi connectivity index (χ2n) is 6.79. The number of likely N-dealkylation sites (tertiary alicyclic amines) is 1. The molecule has 0 aliphatic carbocycles. The highest BCUT2D eigenvalue weighted by Gasteiger charge is 2.32. The van der Waals surface area contributed by atoms with Gasteiger partial charge in [-0.05, 0) is 42.8 Å². The van der Waals surface area contributed by atoms with Crippen LogP contribution in [0.5, 0.6) is 11.5 Å². The SMILES string of the molecule is N#Cc1c(N)c([C@@H]2CCN(C(=O)O)C2)nn1-c1ccc(Oc2ccccc2)cc1. The number of nitrogens with zero attached hydrogens (tertiary/aromatic N) is 4. The Morgan fingerprint density at radius 3 is 2.48 bits per heavy atom. The Morgan fingerprint density at radius 1 is 1.17 bits per heavy atom. The van der Waals surface area contributed by atoms with E-state index < -0.39 is 6.09 Å². The van der Waals surface area contributed by atoms with E-state index in [-0.39, 0.29) is 11.6 Å². The van der Waals surface area contributed by atoms with Crippen LogP contribution in [0, 0.1) is 11.3 Å². The number of carbonyl (C=O) groups is 1. The molecule has 29 heavy (non-hydrogen) atoms. The van der Waals surface area contributed by atoms with E-state index in [9.17, 15) is 10.1 Å². The summed E-state index contributed by atoms with van der Waals surface area (Å²) in [7, 11) is 0. The third kappa shape index (κ3) is 3.58. The van der Waals surface area contributed by atoms with Crippen LogP contribution in [0.15, 0.2) is 54.6 Å². The second-order valence-corrected chi connectivity index (χ2v) is 6.79. The van der Waals surface area contributed by atoms with Crippen LogP contribution in [0.3, 0.4) is 0 Å². The first kappa shape index (κ1) is 18.4. The van der Waals surface area contributed by atoms with Crippen molar-refractivity contribution in [3.63, 3.8) is 0 Å². The highest BCUT2D eigenvalue weighted by molar-refractivity contribution is 5.66. The molecule has 0 bridgehead atoms. The first-order valence-electron chi connectivity index (χ1n) is 9.16. The lowest BCUT2D eigenvalue weighted by atomic mass is 10.0. The number of hydrogen-bond acceptors (Lipinski definition) is 5. The van der Waals surface area contributed by atoms with E-state index in [1.165, 1.54) is 9.58 Å². The molecule has 1 saturated heterocycles. The predicted molar refractivity (Wildman–Crippen MR) is 106 cm³/mol. The van der Waals surface area contributed by atoms with Crippen molar-refractivity contribution in [2.24, 2.45) is 0 Å². The summed E-state index contributed by atoms with van der Waals surface area (Å²) in [6.07, 6.45) is -0.331. The van der Waals surface area contributed by atoms with E-state index in [4.69, 9.17) is 15.6 Å². The zero-order valence-corrected chi connectivity index (χ0v) is 15.5. The van der Waals surface area contributed by atoms with Crippen LogP contribution in [0.1, 0.15) is 23.7 Å².